The molecule has 1 aliphatic heterocycles. The lowest BCUT2D eigenvalue weighted by molar-refractivity contribution is -0.132. The van der Waals surface area contributed by atoms with Crippen LogP contribution in [0.1, 0.15) is 36.8 Å². The van der Waals surface area contributed by atoms with Gasteiger partial charge in [-0.2, -0.15) is 0 Å². The van der Waals surface area contributed by atoms with Crippen molar-refractivity contribution in [3.8, 4) is 0 Å². The van der Waals surface area contributed by atoms with E-state index in [1.165, 1.54) is 18.4 Å². The molecule has 0 aromatic heterocycles. The lowest BCUT2D eigenvalue weighted by atomic mass is 10.1. The number of hydrogen-bond donors (Lipinski definition) is 1. The first-order chi connectivity index (χ1) is 10.2. The standard InChI is InChI=1S/C17H27N3O/c1-19(13-16-8-6-15(12-18)7-9-16)14-17(21)20-10-4-2-3-5-11-20/h6-9H,2-5,10-14,18H2,1H3. The molecule has 1 fully saturated rings. The molecule has 1 heterocycles. The molecule has 4 heteroatoms. The quantitative estimate of drug-likeness (QED) is 0.901. The van der Waals surface area contributed by atoms with Crippen LogP contribution in [0.4, 0.5) is 0 Å². The molecule has 116 valence electrons. The number of hydrogen-bond acceptors (Lipinski definition) is 3. The molecule has 4 nitrogen and oxygen atoms in total. The molecule has 2 rings (SSSR count). The zero-order valence-corrected chi connectivity index (χ0v) is 13.1. The highest BCUT2D eigenvalue weighted by atomic mass is 16.2. The van der Waals surface area contributed by atoms with E-state index in [2.05, 4.69) is 29.2 Å². The van der Waals surface area contributed by atoms with Gasteiger partial charge in [0.25, 0.3) is 0 Å². The summed E-state index contributed by atoms with van der Waals surface area (Å²) in [5.74, 6) is 0.262. The highest BCUT2D eigenvalue weighted by Gasteiger charge is 2.16. The number of rotatable bonds is 5. The fourth-order valence-electron chi connectivity index (χ4n) is 2.80. The molecule has 2 N–H and O–H groups in total. The van der Waals surface area contributed by atoms with Gasteiger partial charge in [0.2, 0.25) is 5.91 Å². The van der Waals surface area contributed by atoms with E-state index in [1.807, 2.05) is 11.9 Å². The zero-order valence-electron chi connectivity index (χ0n) is 13.1. The summed E-state index contributed by atoms with van der Waals surface area (Å²) in [4.78, 5) is 16.4. The Morgan fingerprint density at radius 1 is 1.10 bits per heavy atom. The van der Waals surface area contributed by atoms with Crippen LogP contribution >= 0.6 is 0 Å². The van der Waals surface area contributed by atoms with Crippen LogP contribution in [0, 0.1) is 0 Å². The van der Waals surface area contributed by atoms with Crippen molar-refractivity contribution in [2.45, 2.75) is 38.8 Å². The summed E-state index contributed by atoms with van der Waals surface area (Å²) in [5, 5.41) is 0. The smallest absolute Gasteiger partial charge is 0.236 e. The van der Waals surface area contributed by atoms with Crippen LogP contribution in [0.2, 0.25) is 0 Å². The van der Waals surface area contributed by atoms with Gasteiger partial charge in [-0.3, -0.25) is 9.69 Å². The van der Waals surface area contributed by atoms with E-state index in [9.17, 15) is 4.79 Å². The van der Waals surface area contributed by atoms with Gasteiger partial charge in [-0.25, -0.2) is 0 Å². The second kappa shape index (κ2) is 8.15. The van der Waals surface area contributed by atoms with Crippen molar-refractivity contribution in [1.29, 1.82) is 0 Å². The normalized spacial score (nSPS) is 16.0. The number of amides is 1. The summed E-state index contributed by atoms with van der Waals surface area (Å²) in [6, 6.07) is 8.30. The van der Waals surface area contributed by atoms with E-state index in [4.69, 9.17) is 5.73 Å². The number of likely N-dealkylation sites (tertiary alicyclic amines) is 1. The molecule has 1 aliphatic rings. The van der Waals surface area contributed by atoms with E-state index in [0.717, 1.165) is 38.0 Å². The third kappa shape index (κ3) is 5.14. The van der Waals surface area contributed by atoms with Crippen LogP contribution in [-0.2, 0) is 17.9 Å². The van der Waals surface area contributed by atoms with E-state index in [-0.39, 0.29) is 5.91 Å². The topological polar surface area (TPSA) is 49.6 Å². The first kappa shape index (κ1) is 16.0. The van der Waals surface area contributed by atoms with Crippen molar-refractivity contribution < 1.29 is 4.79 Å². The third-order valence-corrected chi connectivity index (χ3v) is 4.08. The Morgan fingerprint density at radius 3 is 2.24 bits per heavy atom. The number of likely N-dealkylation sites (N-methyl/N-ethyl adjacent to an activating group) is 1. The highest BCUT2D eigenvalue weighted by Crippen LogP contribution is 2.11. The van der Waals surface area contributed by atoms with Crippen molar-refractivity contribution in [2.24, 2.45) is 5.73 Å². The van der Waals surface area contributed by atoms with Crippen molar-refractivity contribution in [2.75, 3.05) is 26.7 Å². The largest absolute Gasteiger partial charge is 0.342 e. The maximum atomic E-state index is 12.3. The Balaban J connectivity index is 1.82. The molecule has 0 radical (unpaired) electrons. The van der Waals surface area contributed by atoms with Gasteiger partial charge >= 0.3 is 0 Å². The van der Waals surface area contributed by atoms with E-state index in [0.29, 0.717) is 13.1 Å². The summed E-state index contributed by atoms with van der Waals surface area (Å²) in [6.07, 6.45) is 4.81. The van der Waals surface area contributed by atoms with Crippen molar-refractivity contribution in [3.63, 3.8) is 0 Å². The van der Waals surface area contributed by atoms with Gasteiger partial charge in [-0.15, -0.1) is 0 Å². The summed E-state index contributed by atoms with van der Waals surface area (Å²) in [7, 11) is 2.01. The van der Waals surface area contributed by atoms with Crippen LogP contribution in [0.3, 0.4) is 0 Å². The molecular weight excluding hydrogens is 262 g/mol. The zero-order chi connectivity index (χ0) is 15.1. The van der Waals surface area contributed by atoms with Crippen molar-refractivity contribution >= 4 is 5.91 Å². The molecule has 0 bridgehead atoms. The molecule has 0 atom stereocenters. The van der Waals surface area contributed by atoms with Crippen LogP contribution in [0.5, 0.6) is 0 Å². The Kier molecular flexibility index (Phi) is 6.21. The Hall–Kier alpha value is -1.39. The minimum Gasteiger partial charge on any atom is -0.342 e. The predicted molar refractivity (Wildman–Crippen MR) is 85.7 cm³/mol. The van der Waals surface area contributed by atoms with E-state index in [1.54, 1.807) is 0 Å². The third-order valence-electron chi connectivity index (χ3n) is 4.08. The molecule has 1 saturated heterocycles. The van der Waals surface area contributed by atoms with E-state index >= 15 is 0 Å². The van der Waals surface area contributed by atoms with Crippen LogP contribution in [-0.4, -0.2) is 42.4 Å². The van der Waals surface area contributed by atoms with Gasteiger partial charge in [0.1, 0.15) is 0 Å². The number of nitrogens with two attached hydrogens (primary N) is 1. The number of nitrogens with zero attached hydrogens (tertiary/aromatic N) is 2. The summed E-state index contributed by atoms with van der Waals surface area (Å²) < 4.78 is 0. The average molecular weight is 289 g/mol. The molecular formula is C17H27N3O. The van der Waals surface area contributed by atoms with Crippen molar-refractivity contribution in [1.82, 2.24) is 9.80 Å². The van der Waals surface area contributed by atoms with Crippen molar-refractivity contribution in [3.05, 3.63) is 35.4 Å². The molecule has 21 heavy (non-hydrogen) atoms. The summed E-state index contributed by atoms with van der Waals surface area (Å²) >= 11 is 0. The van der Waals surface area contributed by atoms with Crippen LogP contribution < -0.4 is 5.73 Å². The molecule has 0 unspecified atom stereocenters. The average Bonchev–Trinajstić information content (AvgIpc) is 2.77. The molecule has 1 amide bonds. The number of carbonyl (C=O) groups is 1. The molecule has 1 aromatic rings. The molecule has 0 aliphatic carbocycles. The van der Waals surface area contributed by atoms with Gasteiger partial charge in [0, 0.05) is 26.2 Å². The Bertz CT molecular complexity index is 436. The lowest BCUT2D eigenvalue weighted by Crippen LogP contribution is -2.39. The number of carbonyl (C=O) groups excluding carboxylic acids is 1. The first-order valence-corrected chi connectivity index (χ1v) is 7.93. The minimum absolute atomic E-state index is 0.262. The van der Waals surface area contributed by atoms with Crippen LogP contribution in [0.25, 0.3) is 0 Å². The minimum atomic E-state index is 0.262. The predicted octanol–water partition coefficient (Wildman–Crippen LogP) is 1.98. The van der Waals surface area contributed by atoms with Gasteiger partial charge in [-0.05, 0) is 31.0 Å². The molecule has 1 aromatic carbocycles. The summed E-state index contributed by atoms with van der Waals surface area (Å²) in [5.41, 5.74) is 7.96. The monoisotopic (exact) mass is 289 g/mol. The van der Waals surface area contributed by atoms with Gasteiger partial charge in [-0.1, -0.05) is 37.1 Å². The van der Waals surface area contributed by atoms with Gasteiger partial charge in [0.15, 0.2) is 0 Å². The Morgan fingerprint density at radius 2 is 1.67 bits per heavy atom. The first-order valence-electron chi connectivity index (χ1n) is 7.93. The fourth-order valence-corrected chi connectivity index (χ4v) is 2.80. The summed E-state index contributed by atoms with van der Waals surface area (Å²) in [6.45, 7) is 3.72. The van der Waals surface area contributed by atoms with Crippen LogP contribution in [0.15, 0.2) is 24.3 Å². The molecule has 0 spiro atoms. The van der Waals surface area contributed by atoms with Gasteiger partial charge in [0.05, 0.1) is 6.54 Å². The molecule has 0 saturated carbocycles. The highest BCUT2D eigenvalue weighted by molar-refractivity contribution is 5.78. The Labute approximate surface area is 127 Å². The second-order valence-electron chi connectivity index (χ2n) is 5.99. The fraction of sp³-hybridized carbons (Fsp3) is 0.588. The number of benzene rings is 1. The van der Waals surface area contributed by atoms with Gasteiger partial charge < -0.3 is 10.6 Å². The maximum Gasteiger partial charge on any atom is 0.236 e. The van der Waals surface area contributed by atoms with E-state index < -0.39 is 0 Å². The SMILES string of the molecule is CN(CC(=O)N1CCCCCC1)Cc1ccc(CN)cc1. The lowest BCUT2D eigenvalue weighted by Gasteiger charge is -2.24. The second-order valence-corrected chi connectivity index (χ2v) is 5.99. The maximum absolute atomic E-state index is 12.3.